The summed E-state index contributed by atoms with van der Waals surface area (Å²) >= 11 is 0. The van der Waals surface area contributed by atoms with Crippen molar-refractivity contribution in [2.75, 3.05) is 18.5 Å². The fourth-order valence-electron chi connectivity index (χ4n) is 3.22. The van der Waals surface area contributed by atoms with Crippen LogP contribution in [0.2, 0.25) is 0 Å². The van der Waals surface area contributed by atoms with E-state index in [1.807, 2.05) is 55.5 Å². The van der Waals surface area contributed by atoms with Crippen molar-refractivity contribution in [3.05, 3.63) is 72.1 Å². The zero-order valence-electron chi connectivity index (χ0n) is 16.9. The van der Waals surface area contributed by atoms with Crippen molar-refractivity contribution in [2.45, 2.75) is 26.2 Å². The molecule has 4 rings (SSSR count). The van der Waals surface area contributed by atoms with Crippen LogP contribution in [0.25, 0.3) is 0 Å². The van der Waals surface area contributed by atoms with Crippen LogP contribution >= 0.6 is 0 Å². The molecule has 0 fully saturated rings. The number of benzene rings is 2. The van der Waals surface area contributed by atoms with Crippen molar-refractivity contribution in [1.82, 2.24) is 4.98 Å². The number of fused-ring (bicyclic) bond motifs is 1. The molecule has 0 atom stereocenters. The number of amides is 1. The molecule has 2 heterocycles. The molecule has 0 saturated carbocycles. The molecule has 6 nitrogen and oxygen atoms in total. The number of hydrogen-bond acceptors (Lipinski definition) is 5. The summed E-state index contributed by atoms with van der Waals surface area (Å²) in [6.07, 6.45) is 5.24. The SMILES string of the molecule is Cc1cc(NC(=O)CCc2ccc3c(c2)OCCCO3)ccc1Oc1cccnc1. The molecular formula is C24H24N2O4. The largest absolute Gasteiger partial charge is 0.490 e. The summed E-state index contributed by atoms with van der Waals surface area (Å²) in [4.78, 5) is 16.5. The van der Waals surface area contributed by atoms with Gasteiger partial charge < -0.3 is 19.5 Å². The Morgan fingerprint density at radius 2 is 1.97 bits per heavy atom. The molecule has 6 heteroatoms. The Morgan fingerprint density at radius 3 is 2.77 bits per heavy atom. The number of carbonyl (C=O) groups is 1. The van der Waals surface area contributed by atoms with E-state index in [1.54, 1.807) is 12.4 Å². The highest BCUT2D eigenvalue weighted by molar-refractivity contribution is 5.91. The Hall–Kier alpha value is -3.54. The van der Waals surface area contributed by atoms with Crippen molar-refractivity contribution < 1.29 is 19.0 Å². The maximum Gasteiger partial charge on any atom is 0.224 e. The lowest BCUT2D eigenvalue weighted by atomic mass is 10.1. The van der Waals surface area contributed by atoms with Gasteiger partial charge in [-0.05, 0) is 66.9 Å². The third-order valence-electron chi connectivity index (χ3n) is 4.77. The zero-order chi connectivity index (χ0) is 20.8. The van der Waals surface area contributed by atoms with E-state index in [0.29, 0.717) is 31.8 Å². The van der Waals surface area contributed by atoms with E-state index in [2.05, 4.69) is 10.3 Å². The van der Waals surface area contributed by atoms with Crippen LogP contribution in [-0.4, -0.2) is 24.1 Å². The number of ether oxygens (including phenoxy) is 3. The third kappa shape index (κ3) is 5.08. The summed E-state index contributed by atoms with van der Waals surface area (Å²) in [5.74, 6) is 2.89. The minimum atomic E-state index is -0.0394. The highest BCUT2D eigenvalue weighted by Gasteiger charge is 2.12. The molecule has 0 bridgehead atoms. The highest BCUT2D eigenvalue weighted by Crippen LogP contribution is 2.31. The third-order valence-corrected chi connectivity index (χ3v) is 4.77. The minimum absolute atomic E-state index is 0.0394. The van der Waals surface area contributed by atoms with Crippen molar-refractivity contribution in [3.63, 3.8) is 0 Å². The molecule has 30 heavy (non-hydrogen) atoms. The second-order valence-electron chi connectivity index (χ2n) is 7.15. The standard InChI is InChI=1S/C24H24N2O4/c1-17-14-19(7-9-21(17)30-20-4-2-11-25-16-20)26-24(27)10-6-18-5-8-22-23(15-18)29-13-3-12-28-22/h2,4-5,7-9,11,14-16H,3,6,10,12-13H2,1H3,(H,26,27). The van der Waals surface area contributed by atoms with Gasteiger partial charge >= 0.3 is 0 Å². The van der Waals surface area contributed by atoms with Crippen molar-refractivity contribution in [1.29, 1.82) is 0 Å². The average molecular weight is 404 g/mol. The lowest BCUT2D eigenvalue weighted by Gasteiger charge is -2.11. The first-order chi connectivity index (χ1) is 14.7. The van der Waals surface area contributed by atoms with E-state index < -0.39 is 0 Å². The summed E-state index contributed by atoms with van der Waals surface area (Å²) in [6, 6.07) is 15.1. The first-order valence-corrected chi connectivity index (χ1v) is 10.0. The number of pyridine rings is 1. The fraction of sp³-hybridized carbons (Fsp3) is 0.250. The van der Waals surface area contributed by atoms with Crippen molar-refractivity contribution >= 4 is 11.6 Å². The van der Waals surface area contributed by atoms with Gasteiger partial charge in [0.25, 0.3) is 0 Å². The first kappa shape index (κ1) is 19.8. The summed E-state index contributed by atoms with van der Waals surface area (Å²) < 4.78 is 17.2. The summed E-state index contributed by atoms with van der Waals surface area (Å²) in [5, 5.41) is 2.95. The predicted octanol–water partition coefficient (Wildman–Crippen LogP) is 4.91. The van der Waals surface area contributed by atoms with Gasteiger partial charge in [-0.15, -0.1) is 0 Å². The Labute approximate surface area is 175 Å². The van der Waals surface area contributed by atoms with Crippen molar-refractivity contribution in [2.24, 2.45) is 0 Å². The Bertz CT molecular complexity index is 1020. The van der Waals surface area contributed by atoms with Crippen LogP contribution in [0.4, 0.5) is 5.69 Å². The van der Waals surface area contributed by atoms with Gasteiger partial charge in [0, 0.05) is 24.7 Å². The van der Waals surface area contributed by atoms with Crippen LogP contribution in [0, 0.1) is 6.92 Å². The quantitative estimate of drug-likeness (QED) is 0.632. The Morgan fingerprint density at radius 1 is 1.10 bits per heavy atom. The van der Waals surface area contributed by atoms with Gasteiger partial charge in [-0.1, -0.05) is 6.07 Å². The number of nitrogens with zero attached hydrogens (tertiary/aromatic N) is 1. The van der Waals surface area contributed by atoms with Gasteiger partial charge in [0.15, 0.2) is 11.5 Å². The molecule has 1 aliphatic rings. The van der Waals surface area contributed by atoms with E-state index in [4.69, 9.17) is 14.2 Å². The summed E-state index contributed by atoms with van der Waals surface area (Å²) in [5.41, 5.74) is 2.72. The van der Waals surface area contributed by atoms with Crippen LogP contribution < -0.4 is 19.5 Å². The minimum Gasteiger partial charge on any atom is -0.490 e. The van der Waals surface area contributed by atoms with Crippen LogP contribution in [0.3, 0.4) is 0 Å². The van der Waals surface area contributed by atoms with Gasteiger partial charge in [0.05, 0.1) is 19.4 Å². The van der Waals surface area contributed by atoms with Crippen LogP contribution in [0.15, 0.2) is 60.9 Å². The van der Waals surface area contributed by atoms with E-state index in [-0.39, 0.29) is 5.91 Å². The van der Waals surface area contributed by atoms with Gasteiger partial charge in [0.2, 0.25) is 5.91 Å². The topological polar surface area (TPSA) is 69.7 Å². The van der Waals surface area contributed by atoms with Gasteiger partial charge in [-0.3, -0.25) is 9.78 Å². The van der Waals surface area contributed by atoms with Crippen molar-refractivity contribution in [3.8, 4) is 23.0 Å². The predicted molar refractivity (Wildman–Crippen MR) is 114 cm³/mol. The number of hydrogen-bond donors (Lipinski definition) is 1. The van der Waals surface area contributed by atoms with Crippen LogP contribution in [0.1, 0.15) is 24.0 Å². The molecule has 1 aromatic heterocycles. The van der Waals surface area contributed by atoms with Gasteiger partial charge in [-0.25, -0.2) is 0 Å². The van der Waals surface area contributed by atoms with E-state index in [1.165, 1.54) is 0 Å². The number of rotatable bonds is 6. The van der Waals surface area contributed by atoms with E-state index >= 15 is 0 Å². The molecular weight excluding hydrogens is 380 g/mol. The van der Waals surface area contributed by atoms with E-state index in [9.17, 15) is 4.79 Å². The number of aryl methyl sites for hydroxylation is 2. The molecule has 0 aliphatic carbocycles. The number of anilines is 1. The maximum absolute atomic E-state index is 12.4. The molecule has 1 N–H and O–H groups in total. The van der Waals surface area contributed by atoms with Crippen LogP contribution in [0.5, 0.6) is 23.0 Å². The molecule has 1 amide bonds. The molecule has 1 aliphatic heterocycles. The number of nitrogens with one attached hydrogen (secondary N) is 1. The normalized spacial score (nSPS) is 12.7. The smallest absolute Gasteiger partial charge is 0.224 e. The number of aromatic nitrogens is 1. The second-order valence-corrected chi connectivity index (χ2v) is 7.15. The Kier molecular flexibility index (Phi) is 6.13. The van der Waals surface area contributed by atoms with Gasteiger partial charge in [0.1, 0.15) is 11.5 Å². The molecule has 0 unspecified atom stereocenters. The summed E-state index contributed by atoms with van der Waals surface area (Å²) in [7, 11) is 0. The fourth-order valence-corrected chi connectivity index (χ4v) is 3.22. The average Bonchev–Trinajstić information content (AvgIpc) is 3.00. The highest BCUT2D eigenvalue weighted by atomic mass is 16.5. The van der Waals surface area contributed by atoms with Gasteiger partial charge in [-0.2, -0.15) is 0 Å². The van der Waals surface area contributed by atoms with E-state index in [0.717, 1.165) is 40.5 Å². The van der Waals surface area contributed by atoms with Crippen LogP contribution in [-0.2, 0) is 11.2 Å². The monoisotopic (exact) mass is 404 g/mol. The molecule has 0 spiro atoms. The molecule has 3 aromatic rings. The molecule has 2 aromatic carbocycles. The lowest BCUT2D eigenvalue weighted by Crippen LogP contribution is -2.12. The number of carbonyl (C=O) groups excluding carboxylic acids is 1. The molecule has 0 radical (unpaired) electrons. The Balaban J connectivity index is 1.33. The zero-order valence-corrected chi connectivity index (χ0v) is 16.9. The summed E-state index contributed by atoms with van der Waals surface area (Å²) in [6.45, 7) is 3.26. The lowest BCUT2D eigenvalue weighted by molar-refractivity contribution is -0.116. The second kappa shape index (κ2) is 9.31. The molecule has 0 saturated heterocycles. The maximum atomic E-state index is 12.4. The molecule has 154 valence electrons. The first-order valence-electron chi connectivity index (χ1n) is 10.0.